The van der Waals surface area contributed by atoms with E-state index in [-0.39, 0.29) is 36.5 Å². The Bertz CT molecular complexity index is 1050. The van der Waals surface area contributed by atoms with Gasteiger partial charge in [-0.25, -0.2) is 15.6 Å². The molecule has 0 radical (unpaired) electrons. The second-order valence-electron chi connectivity index (χ2n) is 7.17. The molecule has 0 aliphatic heterocycles. The van der Waals surface area contributed by atoms with Gasteiger partial charge in [-0.05, 0) is 56.7 Å². The van der Waals surface area contributed by atoms with Crippen LogP contribution in [0.5, 0.6) is 0 Å². The van der Waals surface area contributed by atoms with E-state index in [0.717, 1.165) is 29.9 Å². The Morgan fingerprint density at radius 2 is 1.77 bits per heavy atom. The van der Waals surface area contributed by atoms with E-state index in [1.165, 1.54) is 27.3 Å². The summed E-state index contributed by atoms with van der Waals surface area (Å²) in [6.45, 7) is 12.9. The molecular formula is C23H28BrN3S2Zn. The largest absolute Gasteiger partial charge is 2.00 e. The molecule has 3 nitrogen and oxygen atoms in total. The molecule has 4 rings (SSSR count). The molecule has 0 aliphatic rings. The number of hydrogen-bond acceptors (Lipinski definition) is 4. The van der Waals surface area contributed by atoms with Gasteiger partial charge in [-0.15, -0.1) is 16.7 Å². The molecule has 0 aliphatic carbocycles. The van der Waals surface area contributed by atoms with Gasteiger partial charge in [0.25, 0.3) is 0 Å². The van der Waals surface area contributed by atoms with Crippen molar-refractivity contribution in [1.29, 1.82) is 0 Å². The van der Waals surface area contributed by atoms with Gasteiger partial charge in [0.15, 0.2) is 5.65 Å². The summed E-state index contributed by atoms with van der Waals surface area (Å²) in [4.78, 5) is 6.10. The Kier molecular flexibility index (Phi) is 11.1. The fourth-order valence-corrected chi connectivity index (χ4v) is 5.08. The molecular weight excluding hydrogens is 528 g/mol. The van der Waals surface area contributed by atoms with Crippen LogP contribution < -0.4 is 17.0 Å². The summed E-state index contributed by atoms with van der Waals surface area (Å²) >= 11 is 3.39. The van der Waals surface area contributed by atoms with Crippen LogP contribution in [0.15, 0.2) is 29.0 Å². The van der Waals surface area contributed by atoms with E-state index < -0.39 is 0 Å². The molecule has 0 saturated carbocycles. The summed E-state index contributed by atoms with van der Waals surface area (Å²) in [6.07, 6.45) is 2.25. The number of aromatic nitrogens is 3. The third-order valence-corrected chi connectivity index (χ3v) is 6.76. The third kappa shape index (κ3) is 5.88. The second kappa shape index (κ2) is 12.2. The molecule has 0 spiro atoms. The minimum absolute atomic E-state index is 0. The number of hydrogen-bond donors (Lipinski definition) is 0. The van der Waals surface area contributed by atoms with Crippen LogP contribution in [0.4, 0.5) is 0 Å². The first-order chi connectivity index (χ1) is 13.5. The summed E-state index contributed by atoms with van der Waals surface area (Å²) in [5.74, 6) is 0.529. The smallest absolute Gasteiger partial charge is 1.00 e. The van der Waals surface area contributed by atoms with Gasteiger partial charge in [0, 0.05) is 22.2 Å². The number of halogens is 1. The first-order valence-electron chi connectivity index (χ1n) is 9.79. The van der Waals surface area contributed by atoms with Crippen LogP contribution in [-0.4, -0.2) is 14.6 Å². The van der Waals surface area contributed by atoms with Gasteiger partial charge in [0.2, 0.25) is 0 Å². The van der Waals surface area contributed by atoms with E-state index in [4.69, 9.17) is 10.1 Å². The number of fused-ring (bicyclic) bond motifs is 1. The fourth-order valence-electron chi connectivity index (χ4n) is 3.46. The van der Waals surface area contributed by atoms with Gasteiger partial charge in [-0.1, -0.05) is 20.8 Å². The van der Waals surface area contributed by atoms with Crippen LogP contribution in [0, 0.1) is 33.1 Å². The van der Waals surface area contributed by atoms with Gasteiger partial charge in [0.1, 0.15) is 0 Å². The Hall–Kier alpha value is -0.877. The molecule has 0 amide bonds. The van der Waals surface area contributed by atoms with E-state index >= 15 is 0 Å². The summed E-state index contributed by atoms with van der Waals surface area (Å²) in [7, 11) is 0. The van der Waals surface area contributed by atoms with Gasteiger partial charge < -0.3 is 28.3 Å². The molecule has 0 unspecified atom stereocenters. The zero-order valence-corrected chi connectivity index (χ0v) is 24.8. The zero-order chi connectivity index (χ0) is 20.3. The Balaban J connectivity index is 0.000000487. The fraction of sp³-hybridized carbons (Fsp3) is 0.391. The molecule has 0 bridgehead atoms. The van der Waals surface area contributed by atoms with Crippen molar-refractivity contribution in [2.45, 2.75) is 60.3 Å². The minimum Gasteiger partial charge on any atom is -1.00 e. The maximum absolute atomic E-state index is 4.83. The first kappa shape index (κ1) is 27.2. The standard InChI is InChI=1S/C18H23N3S.C5H5S.BrH.Zn/c1-6-14(7-2)15-10-12(4)19-18-16(13(5)20-21(15)18)17-11(3)8-9-22-17;1-5-2-3-6-4-5;;/h8-10,14H,6-7H2,1-5H3;2-3H,1H3;1H;/q;-1;;+2/p-1. The molecule has 0 saturated heterocycles. The normalized spacial score (nSPS) is 10.4. The molecule has 0 N–H and O–H groups in total. The summed E-state index contributed by atoms with van der Waals surface area (Å²) < 4.78 is 2.08. The van der Waals surface area contributed by atoms with Crippen molar-refractivity contribution in [2.24, 2.45) is 0 Å². The average Bonchev–Trinajstić information content (AvgIpc) is 3.37. The summed E-state index contributed by atoms with van der Waals surface area (Å²) in [5, 5.41) is 12.0. The molecule has 0 atom stereocenters. The van der Waals surface area contributed by atoms with E-state index in [2.05, 4.69) is 62.0 Å². The molecule has 0 fully saturated rings. The van der Waals surface area contributed by atoms with Crippen molar-refractivity contribution < 1.29 is 36.5 Å². The Morgan fingerprint density at radius 1 is 1.07 bits per heavy atom. The SMILES string of the molecule is CCC(CC)c1cc(C)nc2c(-c3sccc3C)c(C)nn12.Cc1[c-]scc1.[Br-].[Zn+2]. The number of aryl methyl sites for hydroxylation is 4. The van der Waals surface area contributed by atoms with Crippen LogP contribution in [0.3, 0.4) is 0 Å². The number of thiophene rings is 2. The topological polar surface area (TPSA) is 30.2 Å². The predicted molar refractivity (Wildman–Crippen MR) is 122 cm³/mol. The van der Waals surface area contributed by atoms with Crippen molar-refractivity contribution in [1.82, 2.24) is 14.6 Å². The summed E-state index contributed by atoms with van der Waals surface area (Å²) in [6, 6.07) is 6.41. The van der Waals surface area contributed by atoms with Crippen molar-refractivity contribution >= 4 is 28.3 Å². The summed E-state index contributed by atoms with van der Waals surface area (Å²) in [5.41, 5.74) is 8.17. The number of rotatable bonds is 4. The molecule has 30 heavy (non-hydrogen) atoms. The van der Waals surface area contributed by atoms with Crippen molar-refractivity contribution in [3.8, 4) is 10.4 Å². The van der Waals surface area contributed by atoms with Gasteiger partial charge >= 0.3 is 19.5 Å². The molecule has 7 heteroatoms. The zero-order valence-electron chi connectivity index (χ0n) is 18.6. The van der Waals surface area contributed by atoms with Gasteiger partial charge in [0.05, 0.1) is 11.3 Å². The molecule has 0 aromatic carbocycles. The Labute approximate surface area is 211 Å². The van der Waals surface area contributed by atoms with Crippen LogP contribution in [0.2, 0.25) is 0 Å². The predicted octanol–water partition coefficient (Wildman–Crippen LogP) is 4.14. The third-order valence-electron chi connectivity index (χ3n) is 5.02. The molecule has 4 aromatic heterocycles. The van der Waals surface area contributed by atoms with Crippen LogP contribution in [-0.2, 0) is 19.5 Å². The van der Waals surface area contributed by atoms with Crippen molar-refractivity contribution in [3.05, 3.63) is 62.5 Å². The van der Waals surface area contributed by atoms with Crippen molar-refractivity contribution in [2.75, 3.05) is 0 Å². The van der Waals surface area contributed by atoms with Crippen LogP contribution in [0.25, 0.3) is 16.1 Å². The van der Waals surface area contributed by atoms with E-state index in [1.807, 2.05) is 18.4 Å². The van der Waals surface area contributed by atoms with Crippen LogP contribution >= 0.6 is 22.7 Å². The maximum Gasteiger partial charge on any atom is 2.00 e. The average molecular weight is 556 g/mol. The van der Waals surface area contributed by atoms with E-state index in [0.29, 0.717) is 5.92 Å². The van der Waals surface area contributed by atoms with Crippen LogP contribution in [0.1, 0.15) is 60.8 Å². The first-order valence-corrected chi connectivity index (χ1v) is 11.5. The molecule has 4 aromatic rings. The molecule has 156 valence electrons. The number of nitrogens with zero attached hydrogens (tertiary/aromatic N) is 3. The quantitative estimate of drug-likeness (QED) is 0.280. The van der Waals surface area contributed by atoms with Gasteiger partial charge in [-0.3, -0.25) is 0 Å². The Morgan fingerprint density at radius 3 is 2.23 bits per heavy atom. The van der Waals surface area contributed by atoms with E-state index in [1.54, 1.807) is 22.7 Å². The van der Waals surface area contributed by atoms with Crippen molar-refractivity contribution in [3.63, 3.8) is 0 Å². The maximum atomic E-state index is 4.83. The molecule has 4 heterocycles. The van der Waals surface area contributed by atoms with Gasteiger partial charge in [-0.2, -0.15) is 16.0 Å². The van der Waals surface area contributed by atoms with E-state index in [9.17, 15) is 0 Å². The second-order valence-corrected chi connectivity index (χ2v) is 8.80. The minimum atomic E-state index is 0. The monoisotopic (exact) mass is 553 g/mol.